The number of nitrogens with one attached hydrogen (secondary N) is 2. The van der Waals surface area contributed by atoms with Crippen molar-refractivity contribution in [2.75, 3.05) is 11.9 Å². The molecule has 2 atom stereocenters. The molecule has 25 heavy (non-hydrogen) atoms. The van der Waals surface area contributed by atoms with E-state index in [9.17, 15) is 4.79 Å². The average Bonchev–Trinajstić information content (AvgIpc) is 2.63. The van der Waals surface area contributed by atoms with Crippen LogP contribution in [0.25, 0.3) is 0 Å². The molecule has 0 aliphatic carbocycles. The molecular formula is C21H28N2O2. The van der Waals surface area contributed by atoms with Crippen LogP contribution in [0, 0.1) is 0 Å². The van der Waals surface area contributed by atoms with Crippen molar-refractivity contribution in [3.63, 3.8) is 0 Å². The molecule has 2 aromatic rings. The Kier molecular flexibility index (Phi) is 7.48. The van der Waals surface area contributed by atoms with Crippen molar-refractivity contribution in [3.05, 3.63) is 60.2 Å². The summed E-state index contributed by atoms with van der Waals surface area (Å²) in [4.78, 5) is 12.2. The van der Waals surface area contributed by atoms with Gasteiger partial charge in [0, 0.05) is 17.8 Å². The second-order valence-corrected chi connectivity index (χ2v) is 6.17. The summed E-state index contributed by atoms with van der Waals surface area (Å²) in [5.74, 6) is 0.714. The number of anilines is 1. The number of benzene rings is 2. The number of hydrogen-bond donors (Lipinski definition) is 2. The normalized spacial score (nSPS) is 13.1. The van der Waals surface area contributed by atoms with E-state index in [-0.39, 0.29) is 24.6 Å². The van der Waals surface area contributed by atoms with Crippen molar-refractivity contribution in [1.82, 2.24) is 5.32 Å². The van der Waals surface area contributed by atoms with Gasteiger partial charge >= 0.3 is 0 Å². The molecule has 2 N–H and O–H groups in total. The zero-order chi connectivity index (χ0) is 18.1. The number of carbonyl (C=O) groups is 1. The molecule has 2 rings (SSSR count). The summed E-state index contributed by atoms with van der Waals surface area (Å²) in [6.07, 6.45) is 2.03. The highest BCUT2D eigenvalue weighted by atomic mass is 16.5. The molecule has 0 aliphatic rings. The van der Waals surface area contributed by atoms with Gasteiger partial charge in [-0.05, 0) is 37.5 Å². The maximum Gasteiger partial charge on any atom is 0.238 e. The highest BCUT2D eigenvalue weighted by Gasteiger charge is 2.11. The molecule has 1 amide bonds. The van der Waals surface area contributed by atoms with Gasteiger partial charge in [-0.1, -0.05) is 50.2 Å². The molecule has 134 valence electrons. The molecule has 0 spiro atoms. The fourth-order valence-electron chi connectivity index (χ4n) is 2.57. The molecule has 0 saturated carbocycles. The second-order valence-electron chi connectivity index (χ2n) is 6.17. The third kappa shape index (κ3) is 6.24. The van der Waals surface area contributed by atoms with E-state index in [2.05, 4.69) is 36.6 Å². The fraction of sp³-hybridized carbons (Fsp3) is 0.381. The van der Waals surface area contributed by atoms with Crippen molar-refractivity contribution < 1.29 is 9.53 Å². The van der Waals surface area contributed by atoms with E-state index in [1.54, 1.807) is 0 Å². The Hall–Kier alpha value is -2.33. The van der Waals surface area contributed by atoms with Crippen LogP contribution in [-0.2, 0) is 4.79 Å². The lowest BCUT2D eigenvalue weighted by Crippen LogP contribution is -2.31. The molecule has 4 nitrogen and oxygen atoms in total. The first-order valence-electron chi connectivity index (χ1n) is 8.97. The van der Waals surface area contributed by atoms with E-state index in [0.29, 0.717) is 0 Å². The molecule has 0 aliphatic heterocycles. The van der Waals surface area contributed by atoms with E-state index >= 15 is 0 Å². The zero-order valence-corrected chi connectivity index (χ0v) is 15.3. The smallest absolute Gasteiger partial charge is 0.238 e. The second kappa shape index (κ2) is 9.84. The van der Waals surface area contributed by atoms with Gasteiger partial charge in [-0.15, -0.1) is 0 Å². The van der Waals surface area contributed by atoms with Crippen LogP contribution in [0.2, 0.25) is 0 Å². The predicted octanol–water partition coefficient (Wildman–Crippen LogP) is 4.54. The van der Waals surface area contributed by atoms with E-state index < -0.39 is 0 Å². The summed E-state index contributed by atoms with van der Waals surface area (Å²) in [5.41, 5.74) is 1.95. The molecule has 0 aromatic heterocycles. The lowest BCUT2D eigenvalue weighted by Gasteiger charge is -2.17. The van der Waals surface area contributed by atoms with Crippen LogP contribution in [0.1, 0.15) is 45.2 Å². The quantitative estimate of drug-likeness (QED) is 0.704. The Labute approximate surface area is 150 Å². The number of rotatable bonds is 9. The standard InChI is InChI=1S/C21H28N2O2/c1-4-16(3)25-19-13-9-12-18(14-19)23-21(24)15-22-20(5-2)17-10-7-6-8-11-17/h6-14,16,20,22H,4-5,15H2,1-3H3,(H,23,24). The number of hydrogen-bond acceptors (Lipinski definition) is 3. The van der Waals surface area contributed by atoms with Crippen LogP contribution in [0.15, 0.2) is 54.6 Å². The molecule has 2 aromatic carbocycles. The van der Waals surface area contributed by atoms with Crippen molar-refractivity contribution in [2.45, 2.75) is 45.8 Å². The Bertz CT molecular complexity index is 658. The average molecular weight is 340 g/mol. The molecule has 2 unspecified atom stereocenters. The summed E-state index contributed by atoms with van der Waals surface area (Å²) in [6, 6.07) is 17.9. The van der Waals surface area contributed by atoms with Crippen LogP contribution in [0.4, 0.5) is 5.69 Å². The number of ether oxygens (including phenoxy) is 1. The molecule has 0 bridgehead atoms. The van der Waals surface area contributed by atoms with Gasteiger partial charge in [0.2, 0.25) is 5.91 Å². The van der Waals surface area contributed by atoms with Gasteiger partial charge in [0.05, 0.1) is 12.6 Å². The molecule has 0 radical (unpaired) electrons. The largest absolute Gasteiger partial charge is 0.491 e. The van der Waals surface area contributed by atoms with E-state index in [1.165, 1.54) is 5.56 Å². The summed E-state index contributed by atoms with van der Waals surface area (Å²) < 4.78 is 5.79. The summed E-state index contributed by atoms with van der Waals surface area (Å²) in [6.45, 7) is 6.49. The van der Waals surface area contributed by atoms with Crippen LogP contribution < -0.4 is 15.4 Å². The predicted molar refractivity (Wildman–Crippen MR) is 103 cm³/mol. The minimum absolute atomic E-state index is 0.0601. The zero-order valence-electron chi connectivity index (χ0n) is 15.3. The fourth-order valence-corrected chi connectivity index (χ4v) is 2.57. The lowest BCUT2D eigenvalue weighted by molar-refractivity contribution is -0.115. The third-order valence-electron chi connectivity index (χ3n) is 4.15. The van der Waals surface area contributed by atoms with Crippen molar-refractivity contribution in [2.24, 2.45) is 0 Å². The van der Waals surface area contributed by atoms with Crippen molar-refractivity contribution in [1.29, 1.82) is 0 Å². The van der Waals surface area contributed by atoms with E-state index in [0.717, 1.165) is 24.3 Å². The number of amides is 1. The SMILES string of the molecule is CCC(C)Oc1cccc(NC(=O)CNC(CC)c2ccccc2)c1. The molecule has 0 heterocycles. The van der Waals surface area contributed by atoms with Crippen LogP contribution in [-0.4, -0.2) is 18.6 Å². The highest BCUT2D eigenvalue weighted by molar-refractivity contribution is 5.92. The van der Waals surface area contributed by atoms with Gasteiger partial charge in [-0.25, -0.2) is 0 Å². The van der Waals surface area contributed by atoms with Crippen LogP contribution in [0.3, 0.4) is 0 Å². The van der Waals surface area contributed by atoms with Gasteiger partial charge in [-0.2, -0.15) is 0 Å². The Balaban J connectivity index is 1.88. The number of carbonyl (C=O) groups excluding carboxylic acids is 1. The lowest BCUT2D eigenvalue weighted by atomic mass is 10.0. The Morgan fingerprint density at radius 2 is 1.80 bits per heavy atom. The van der Waals surface area contributed by atoms with Gasteiger partial charge in [0.25, 0.3) is 0 Å². The summed E-state index contributed by atoms with van der Waals surface area (Å²) in [5, 5.41) is 6.24. The monoisotopic (exact) mass is 340 g/mol. The molecule has 0 saturated heterocycles. The molecule has 4 heteroatoms. The summed E-state index contributed by atoms with van der Waals surface area (Å²) >= 11 is 0. The van der Waals surface area contributed by atoms with Crippen LogP contribution in [0.5, 0.6) is 5.75 Å². The summed E-state index contributed by atoms with van der Waals surface area (Å²) in [7, 11) is 0. The topological polar surface area (TPSA) is 50.4 Å². The third-order valence-corrected chi connectivity index (χ3v) is 4.15. The first kappa shape index (κ1) is 19.0. The maximum atomic E-state index is 12.2. The first-order chi connectivity index (χ1) is 12.1. The van der Waals surface area contributed by atoms with Gasteiger partial charge in [-0.3, -0.25) is 4.79 Å². The van der Waals surface area contributed by atoms with Crippen LogP contribution >= 0.6 is 0 Å². The maximum absolute atomic E-state index is 12.2. The van der Waals surface area contributed by atoms with Gasteiger partial charge in [0.1, 0.15) is 5.75 Å². The minimum atomic E-state index is -0.0601. The minimum Gasteiger partial charge on any atom is -0.491 e. The molecular weight excluding hydrogens is 312 g/mol. The van der Waals surface area contributed by atoms with Crippen molar-refractivity contribution >= 4 is 11.6 Å². The molecule has 0 fully saturated rings. The Morgan fingerprint density at radius 3 is 2.48 bits per heavy atom. The Morgan fingerprint density at radius 1 is 1.04 bits per heavy atom. The van der Waals surface area contributed by atoms with E-state index in [4.69, 9.17) is 4.74 Å². The van der Waals surface area contributed by atoms with E-state index in [1.807, 2.05) is 49.4 Å². The van der Waals surface area contributed by atoms with Crippen molar-refractivity contribution in [3.8, 4) is 5.75 Å². The van der Waals surface area contributed by atoms with Gasteiger partial charge < -0.3 is 15.4 Å². The van der Waals surface area contributed by atoms with Gasteiger partial charge in [0.15, 0.2) is 0 Å². The first-order valence-corrected chi connectivity index (χ1v) is 8.97. The highest BCUT2D eigenvalue weighted by Crippen LogP contribution is 2.19.